The van der Waals surface area contributed by atoms with Gasteiger partial charge in [-0.2, -0.15) is 0 Å². The first kappa shape index (κ1) is 12.1. The largest absolute Gasteiger partial charge is 0.384 e. The van der Waals surface area contributed by atoms with Gasteiger partial charge in [0.05, 0.1) is 0 Å². The third-order valence-electron chi connectivity index (χ3n) is 2.70. The number of hydrogen-bond acceptors (Lipinski definition) is 1. The number of aliphatic hydroxyl groups is 1. The highest BCUT2D eigenvalue weighted by atomic mass is 35.5. The Kier molecular flexibility index (Phi) is 3.46. The summed E-state index contributed by atoms with van der Waals surface area (Å²) >= 11 is 5.86. The van der Waals surface area contributed by atoms with Gasteiger partial charge in [-0.15, -0.1) is 0 Å². The molecule has 0 amide bonds. The summed E-state index contributed by atoms with van der Waals surface area (Å²) in [6, 6.07) is 11.3. The molecule has 0 saturated heterocycles. The molecule has 0 aliphatic heterocycles. The van der Waals surface area contributed by atoms with E-state index in [0.29, 0.717) is 16.1 Å². The third kappa shape index (κ3) is 2.65. The van der Waals surface area contributed by atoms with Crippen LogP contribution in [0.15, 0.2) is 42.5 Å². The van der Waals surface area contributed by atoms with Crippen molar-refractivity contribution in [2.75, 3.05) is 0 Å². The Morgan fingerprint density at radius 3 is 2.65 bits per heavy atom. The minimum atomic E-state index is -0.857. The van der Waals surface area contributed by atoms with E-state index in [9.17, 15) is 9.50 Å². The highest BCUT2D eigenvalue weighted by molar-refractivity contribution is 6.30. The van der Waals surface area contributed by atoms with Crippen molar-refractivity contribution in [2.24, 2.45) is 0 Å². The number of hydrogen-bond donors (Lipinski definition) is 1. The minimum Gasteiger partial charge on any atom is -0.384 e. The molecule has 3 heteroatoms. The van der Waals surface area contributed by atoms with Crippen molar-refractivity contribution in [2.45, 2.75) is 13.0 Å². The smallest absolute Gasteiger partial charge is 0.123 e. The quantitative estimate of drug-likeness (QED) is 0.858. The average molecular weight is 251 g/mol. The molecular formula is C14H12ClFO. The number of benzene rings is 2. The second-order valence-electron chi connectivity index (χ2n) is 3.96. The van der Waals surface area contributed by atoms with Gasteiger partial charge in [-0.05, 0) is 47.9 Å². The molecule has 0 bridgehead atoms. The Hall–Kier alpha value is -1.38. The van der Waals surface area contributed by atoms with Gasteiger partial charge in [0.15, 0.2) is 0 Å². The van der Waals surface area contributed by atoms with E-state index in [1.165, 1.54) is 12.1 Å². The molecule has 0 aliphatic carbocycles. The van der Waals surface area contributed by atoms with E-state index >= 15 is 0 Å². The molecule has 0 aliphatic rings. The fourth-order valence-corrected chi connectivity index (χ4v) is 1.96. The van der Waals surface area contributed by atoms with Crippen LogP contribution in [0.4, 0.5) is 4.39 Å². The van der Waals surface area contributed by atoms with Gasteiger partial charge in [0.1, 0.15) is 11.9 Å². The van der Waals surface area contributed by atoms with Crippen molar-refractivity contribution < 1.29 is 9.50 Å². The zero-order valence-electron chi connectivity index (χ0n) is 9.32. The highest BCUT2D eigenvalue weighted by Crippen LogP contribution is 2.26. The zero-order valence-corrected chi connectivity index (χ0v) is 10.1. The van der Waals surface area contributed by atoms with Gasteiger partial charge in [-0.25, -0.2) is 4.39 Å². The van der Waals surface area contributed by atoms with Crippen molar-refractivity contribution in [1.29, 1.82) is 0 Å². The SMILES string of the molecule is Cc1ccc(F)cc1C(O)c1cccc(Cl)c1. The maximum absolute atomic E-state index is 13.2. The average Bonchev–Trinajstić information content (AvgIpc) is 2.31. The molecule has 0 heterocycles. The van der Waals surface area contributed by atoms with Crippen LogP contribution in [0, 0.1) is 12.7 Å². The fourth-order valence-electron chi connectivity index (χ4n) is 1.76. The molecule has 2 rings (SSSR count). The van der Waals surface area contributed by atoms with E-state index in [-0.39, 0.29) is 5.82 Å². The molecular weight excluding hydrogens is 239 g/mol. The van der Waals surface area contributed by atoms with Crippen LogP contribution in [0.3, 0.4) is 0 Å². The Balaban J connectivity index is 2.43. The van der Waals surface area contributed by atoms with Crippen molar-refractivity contribution in [1.82, 2.24) is 0 Å². The Labute approximate surface area is 104 Å². The summed E-state index contributed by atoms with van der Waals surface area (Å²) in [5.74, 6) is -0.355. The normalized spacial score (nSPS) is 12.5. The van der Waals surface area contributed by atoms with E-state index in [1.807, 2.05) is 6.92 Å². The summed E-state index contributed by atoms with van der Waals surface area (Å²) < 4.78 is 13.2. The van der Waals surface area contributed by atoms with Gasteiger partial charge < -0.3 is 5.11 Å². The van der Waals surface area contributed by atoms with Crippen LogP contribution in [-0.4, -0.2) is 5.11 Å². The third-order valence-corrected chi connectivity index (χ3v) is 2.94. The first-order valence-corrected chi connectivity index (χ1v) is 5.65. The van der Waals surface area contributed by atoms with Crippen LogP contribution < -0.4 is 0 Å². The zero-order chi connectivity index (χ0) is 12.4. The Bertz CT molecular complexity index is 539. The number of halogens is 2. The van der Waals surface area contributed by atoms with Gasteiger partial charge in [0.25, 0.3) is 0 Å². The molecule has 0 aromatic heterocycles. The van der Waals surface area contributed by atoms with Crippen LogP contribution >= 0.6 is 11.6 Å². The number of rotatable bonds is 2. The molecule has 0 fully saturated rings. The molecule has 0 saturated carbocycles. The summed E-state index contributed by atoms with van der Waals surface area (Å²) in [6.07, 6.45) is -0.857. The monoisotopic (exact) mass is 250 g/mol. The second-order valence-corrected chi connectivity index (χ2v) is 4.39. The van der Waals surface area contributed by atoms with E-state index in [1.54, 1.807) is 30.3 Å². The van der Waals surface area contributed by atoms with Gasteiger partial charge in [0.2, 0.25) is 0 Å². The number of aryl methyl sites for hydroxylation is 1. The topological polar surface area (TPSA) is 20.2 Å². The van der Waals surface area contributed by atoms with E-state index in [4.69, 9.17) is 11.6 Å². The molecule has 1 atom stereocenters. The lowest BCUT2D eigenvalue weighted by Gasteiger charge is -2.14. The van der Waals surface area contributed by atoms with E-state index in [2.05, 4.69) is 0 Å². The molecule has 17 heavy (non-hydrogen) atoms. The van der Waals surface area contributed by atoms with Crippen LogP contribution in [0.5, 0.6) is 0 Å². The number of aliphatic hydroxyl groups excluding tert-OH is 1. The maximum atomic E-state index is 13.2. The first-order chi connectivity index (χ1) is 8.08. The predicted octanol–water partition coefficient (Wildman–Crippen LogP) is 3.87. The molecule has 1 N–H and O–H groups in total. The van der Waals surface area contributed by atoms with Crippen molar-refractivity contribution in [3.8, 4) is 0 Å². The van der Waals surface area contributed by atoms with Crippen LogP contribution in [0.1, 0.15) is 22.8 Å². The molecule has 88 valence electrons. The summed E-state index contributed by atoms with van der Waals surface area (Å²) in [5.41, 5.74) is 2.07. The highest BCUT2D eigenvalue weighted by Gasteiger charge is 2.13. The van der Waals surface area contributed by atoms with Crippen LogP contribution in [0.2, 0.25) is 5.02 Å². The Morgan fingerprint density at radius 2 is 1.94 bits per heavy atom. The fraction of sp³-hybridized carbons (Fsp3) is 0.143. The van der Waals surface area contributed by atoms with Crippen molar-refractivity contribution in [3.63, 3.8) is 0 Å². The first-order valence-electron chi connectivity index (χ1n) is 5.27. The summed E-state index contributed by atoms with van der Waals surface area (Å²) in [4.78, 5) is 0. The van der Waals surface area contributed by atoms with Crippen LogP contribution in [-0.2, 0) is 0 Å². The summed E-state index contributed by atoms with van der Waals surface area (Å²) in [5, 5.41) is 10.7. The van der Waals surface area contributed by atoms with Crippen molar-refractivity contribution in [3.05, 3.63) is 70.0 Å². The lowest BCUT2D eigenvalue weighted by Crippen LogP contribution is -2.02. The van der Waals surface area contributed by atoms with Gasteiger partial charge in [0, 0.05) is 5.02 Å². The van der Waals surface area contributed by atoms with Crippen molar-refractivity contribution >= 4 is 11.6 Å². The molecule has 0 spiro atoms. The Morgan fingerprint density at radius 1 is 1.18 bits per heavy atom. The summed E-state index contributed by atoms with van der Waals surface area (Å²) in [6.45, 7) is 1.84. The van der Waals surface area contributed by atoms with Crippen LogP contribution in [0.25, 0.3) is 0 Å². The van der Waals surface area contributed by atoms with Gasteiger partial charge >= 0.3 is 0 Å². The predicted molar refractivity (Wildman–Crippen MR) is 66.7 cm³/mol. The molecule has 1 nitrogen and oxygen atoms in total. The molecule has 2 aromatic rings. The van der Waals surface area contributed by atoms with Gasteiger partial charge in [-0.3, -0.25) is 0 Å². The van der Waals surface area contributed by atoms with Gasteiger partial charge in [-0.1, -0.05) is 29.8 Å². The molecule has 1 unspecified atom stereocenters. The molecule has 2 aromatic carbocycles. The molecule has 0 radical (unpaired) electrons. The minimum absolute atomic E-state index is 0.355. The standard InChI is InChI=1S/C14H12ClFO/c1-9-5-6-12(16)8-13(9)14(17)10-3-2-4-11(15)7-10/h2-8,14,17H,1H3. The summed E-state index contributed by atoms with van der Waals surface area (Å²) in [7, 11) is 0. The lowest BCUT2D eigenvalue weighted by atomic mass is 9.97. The lowest BCUT2D eigenvalue weighted by molar-refractivity contribution is 0.219. The van der Waals surface area contributed by atoms with E-state index < -0.39 is 6.10 Å². The maximum Gasteiger partial charge on any atom is 0.123 e. The van der Waals surface area contributed by atoms with E-state index in [0.717, 1.165) is 5.56 Å². The second kappa shape index (κ2) is 4.86.